The number of aryl methyl sites for hydroxylation is 1. The van der Waals surface area contributed by atoms with E-state index in [-0.39, 0.29) is 6.03 Å². The summed E-state index contributed by atoms with van der Waals surface area (Å²) in [7, 11) is 0. The predicted octanol–water partition coefficient (Wildman–Crippen LogP) is 2.08. The van der Waals surface area contributed by atoms with E-state index in [4.69, 9.17) is 11.6 Å². The second-order valence-corrected chi connectivity index (χ2v) is 3.99. The molecule has 1 aromatic carbocycles. The molecule has 16 heavy (non-hydrogen) atoms. The Balaban J connectivity index is 2.20. The highest BCUT2D eigenvalue weighted by atomic mass is 35.5. The van der Waals surface area contributed by atoms with Crippen molar-refractivity contribution in [1.29, 1.82) is 0 Å². The summed E-state index contributed by atoms with van der Waals surface area (Å²) in [5.41, 5.74) is 2.47. The van der Waals surface area contributed by atoms with Crippen molar-refractivity contribution in [3.05, 3.63) is 35.4 Å². The van der Waals surface area contributed by atoms with Crippen LogP contribution >= 0.6 is 11.6 Å². The smallest absolute Gasteiger partial charge is 0.314 e. The van der Waals surface area contributed by atoms with Gasteiger partial charge in [-0.1, -0.05) is 29.8 Å². The average molecular weight is 241 g/mol. The summed E-state index contributed by atoms with van der Waals surface area (Å²) < 4.78 is 0. The Bertz CT molecular complexity index is 324. The number of hydrogen-bond donors (Lipinski definition) is 2. The molecule has 0 spiro atoms. The van der Waals surface area contributed by atoms with E-state index in [0.717, 1.165) is 6.42 Å². The standard InChI is InChI=1S/C12H17ClN2O/c1-10-2-4-11(5-3-10)6-8-14-12(16)15-9-7-13/h2-5H,6-9H2,1H3,(H2,14,15,16). The summed E-state index contributed by atoms with van der Waals surface area (Å²) in [5.74, 6) is 0.436. The van der Waals surface area contributed by atoms with Gasteiger partial charge in [-0.15, -0.1) is 11.6 Å². The monoisotopic (exact) mass is 240 g/mol. The Hall–Kier alpha value is -1.22. The molecule has 0 radical (unpaired) electrons. The lowest BCUT2D eigenvalue weighted by Gasteiger charge is -2.06. The maximum absolute atomic E-state index is 11.2. The quantitative estimate of drug-likeness (QED) is 0.761. The van der Waals surface area contributed by atoms with Gasteiger partial charge in [0, 0.05) is 19.0 Å². The summed E-state index contributed by atoms with van der Waals surface area (Å²) in [6, 6.07) is 8.14. The van der Waals surface area contributed by atoms with Gasteiger partial charge in [0.15, 0.2) is 0 Å². The topological polar surface area (TPSA) is 41.1 Å². The number of benzene rings is 1. The van der Waals surface area contributed by atoms with E-state index in [9.17, 15) is 4.79 Å². The summed E-state index contributed by atoms with van der Waals surface area (Å²) >= 11 is 5.45. The Kier molecular flexibility index (Phi) is 5.72. The van der Waals surface area contributed by atoms with E-state index < -0.39 is 0 Å². The van der Waals surface area contributed by atoms with Gasteiger partial charge in [0.1, 0.15) is 0 Å². The average Bonchev–Trinajstić information content (AvgIpc) is 2.29. The molecule has 0 unspecified atom stereocenters. The van der Waals surface area contributed by atoms with E-state index in [1.165, 1.54) is 11.1 Å². The van der Waals surface area contributed by atoms with Crippen LogP contribution in [0.15, 0.2) is 24.3 Å². The zero-order valence-corrected chi connectivity index (χ0v) is 10.2. The second-order valence-electron chi connectivity index (χ2n) is 3.61. The Morgan fingerprint density at radius 3 is 2.44 bits per heavy atom. The summed E-state index contributed by atoms with van der Waals surface area (Å²) in [6.45, 7) is 3.19. The molecule has 0 saturated heterocycles. The van der Waals surface area contributed by atoms with Gasteiger partial charge in [-0.25, -0.2) is 4.79 Å². The molecular weight excluding hydrogens is 224 g/mol. The minimum atomic E-state index is -0.159. The van der Waals surface area contributed by atoms with Gasteiger partial charge in [-0.3, -0.25) is 0 Å². The lowest BCUT2D eigenvalue weighted by Crippen LogP contribution is -2.37. The lowest BCUT2D eigenvalue weighted by molar-refractivity contribution is 0.241. The number of hydrogen-bond acceptors (Lipinski definition) is 1. The van der Waals surface area contributed by atoms with Crippen molar-refractivity contribution in [2.75, 3.05) is 19.0 Å². The zero-order chi connectivity index (χ0) is 11.8. The van der Waals surface area contributed by atoms with Crippen molar-refractivity contribution in [3.63, 3.8) is 0 Å². The van der Waals surface area contributed by atoms with Crippen molar-refractivity contribution < 1.29 is 4.79 Å². The molecule has 0 heterocycles. The van der Waals surface area contributed by atoms with E-state index in [1.54, 1.807) is 0 Å². The van der Waals surface area contributed by atoms with Gasteiger partial charge in [0.05, 0.1) is 0 Å². The van der Waals surface area contributed by atoms with E-state index in [1.807, 2.05) is 0 Å². The van der Waals surface area contributed by atoms with Crippen molar-refractivity contribution in [3.8, 4) is 0 Å². The van der Waals surface area contributed by atoms with Crippen LogP contribution in [0.25, 0.3) is 0 Å². The molecule has 3 nitrogen and oxygen atoms in total. The van der Waals surface area contributed by atoms with Gasteiger partial charge >= 0.3 is 6.03 Å². The number of urea groups is 1. The number of halogens is 1. The fourth-order valence-corrected chi connectivity index (χ4v) is 1.39. The van der Waals surface area contributed by atoms with Gasteiger partial charge < -0.3 is 10.6 Å². The number of rotatable bonds is 5. The first-order chi connectivity index (χ1) is 7.72. The van der Waals surface area contributed by atoms with Gasteiger partial charge in [0.2, 0.25) is 0 Å². The van der Waals surface area contributed by atoms with Gasteiger partial charge in [0.25, 0.3) is 0 Å². The van der Waals surface area contributed by atoms with Crippen LogP contribution in [-0.2, 0) is 6.42 Å². The molecular formula is C12H17ClN2O. The number of alkyl halides is 1. The molecule has 1 aromatic rings. The molecule has 0 aliphatic heterocycles. The third kappa shape index (κ3) is 5.03. The molecule has 88 valence electrons. The molecule has 2 amide bonds. The van der Waals surface area contributed by atoms with Crippen molar-refractivity contribution in [2.45, 2.75) is 13.3 Å². The fourth-order valence-electron chi connectivity index (χ4n) is 1.30. The molecule has 2 N–H and O–H groups in total. The minimum Gasteiger partial charge on any atom is -0.338 e. The first-order valence-electron chi connectivity index (χ1n) is 5.35. The third-order valence-corrected chi connectivity index (χ3v) is 2.39. The SMILES string of the molecule is Cc1ccc(CCNC(=O)NCCCl)cc1. The van der Waals surface area contributed by atoms with E-state index in [2.05, 4.69) is 41.8 Å². The molecule has 0 atom stereocenters. The normalized spacial score (nSPS) is 9.88. The molecule has 0 saturated carbocycles. The van der Waals surface area contributed by atoms with Crippen LogP contribution in [-0.4, -0.2) is 25.0 Å². The molecule has 0 bridgehead atoms. The highest BCUT2D eigenvalue weighted by Crippen LogP contribution is 2.02. The first kappa shape index (κ1) is 12.8. The molecule has 0 aliphatic rings. The van der Waals surface area contributed by atoms with Crippen molar-refractivity contribution >= 4 is 17.6 Å². The van der Waals surface area contributed by atoms with Crippen LogP contribution in [0.4, 0.5) is 4.79 Å². The minimum absolute atomic E-state index is 0.159. The highest BCUT2D eigenvalue weighted by Gasteiger charge is 1.98. The summed E-state index contributed by atoms with van der Waals surface area (Å²) in [4.78, 5) is 11.2. The van der Waals surface area contributed by atoms with E-state index >= 15 is 0 Å². The zero-order valence-electron chi connectivity index (χ0n) is 9.42. The fraction of sp³-hybridized carbons (Fsp3) is 0.417. The Labute approximate surface area is 101 Å². The Morgan fingerprint density at radius 2 is 1.81 bits per heavy atom. The third-order valence-electron chi connectivity index (χ3n) is 2.20. The number of nitrogens with one attached hydrogen (secondary N) is 2. The van der Waals surface area contributed by atoms with Crippen molar-refractivity contribution in [1.82, 2.24) is 10.6 Å². The molecule has 4 heteroatoms. The number of amides is 2. The van der Waals surface area contributed by atoms with Crippen LogP contribution in [0.1, 0.15) is 11.1 Å². The molecule has 0 aliphatic carbocycles. The summed E-state index contributed by atoms with van der Waals surface area (Å²) in [6.07, 6.45) is 0.842. The van der Waals surface area contributed by atoms with E-state index in [0.29, 0.717) is 19.0 Å². The highest BCUT2D eigenvalue weighted by molar-refractivity contribution is 6.18. The number of carbonyl (C=O) groups is 1. The van der Waals surface area contributed by atoms with Gasteiger partial charge in [-0.2, -0.15) is 0 Å². The van der Waals surface area contributed by atoms with Crippen LogP contribution in [0.3, 0.4) is 0 Å². The van der Waals surface area contributed by atoms with Crippen LogP contribution < -0.4 is 10.6 Å². The van der Waals surface area contributed by atoms with Gasteiger partial charge in [-0.05, 0) is 18.9 Å². The van der Waals surface area contributed by atoms with Crippen LogP contribution in [0, 0.1) is 6.92 Å². The van der Waals surface area contributed by atoms with Crippen LogP contribution in [0.5, 0.6) is 0 Å². The van der Waals surface area contributed by atoms with Crippen LogP contribution in [0.2, 0.25) is 0 Å². The molecule has 0 aromatic heterocycles. The maximum Gasteiger partial charge on any atom is 0.314 e. The lowest BCUT2D eigenvalue weighted by atomic mass is 10.1. The second kappa shape index (κ2) is 7.12. The largest absolute Gasteiger partial charge is 0.338 e. The number of carbonyl (C=O) groups excluding carboxylic acids is 1. The first-order valence-corrected chi connectivity index (χ1v) is 5.89. The Morgan fingerprint density at radius 1 is 1.19 bits per heavy atom. The van der Waals surface area contributed by atoms with Crippen molar-refractivity contribution in [2.24, 2.45) is 0 Å². The molecule has 1 rings (SSSR count). The molecule has 0 fully saturated rings. The summed E-state index contributed by atoms with van der Waals surface area (Å²) in [5, 5.41) is 5.42. The predicted molar refractivity (Wildman–Crippen MR) is 67.0 cm³/mol. The maximum atomic E-state index is 11.2.